The minimum atomic E-state index is -0.126. The molecule has 1 saturated heterocycles. The summed E-state index contributed by atoms with van der Waals surface area (Å²) in [5.41, 5.74) is 4.35. The van der Waals surface area contributed by atoms with E-state index in [-0.39, 0.29) is 11.9 Å². The highest BCUT2D eigenvalue weighted by Crippen LogP contribution is 2.30. The van der Waals surface area contributed by atoms with Gasteiger partial charge in [0.2, 0.25) is 0 Å². The van der Waals surface area contributed by atoms with Crippen LogP contribution >= 0.6 is 0 Å². The molecule has 1 amide bonds. The van der Waals surface area contributed by atoms with Crippen LogP contribution < -0.4 is 10.1 Å². The smallest absolute Gasteiger partial charge is 0.255 e. The number of aryl methyl sites for hydroxylation is 1. The van der Waals surface area contributed by atoms with Crippen molar-refractivity contribution in [3.8, 4) is 16.9 Å². The second-order valence-electron chi connectivity index (χ2n) is 8.23. The molecule has 1 aliphatic rings. The molecule has 0 radical (unpaired) electrons. The third kappa shape index (κ3) is 3.97. The second-order valence-corrected chi connectivity index (χ2v) is 8.23. The van der Waals surface area contributed by atoms with Crippen molar-refractivity contribution in [3.63, 3.8) is 0 Å². The molecule has 4 heterocycles. The van der Waals surface area contributed by atoms with Crippen LogP contribution in [0.1, 0.15) is 22.3 Å². The summed E-state index contributed by atoms with van der Waals surface area (Å²) in [6, 6.07) is 12.4. The van der Waals surface area contributed by atoms with Crippen molar-refractivity contribution in [2.75, 3.05) is 20.2 Å². The predicted molar refractivity (Wildman–Crippen MR) is 122 cm³/mol. The van der Waals surface area contributed by atoms with Crippen LogP contribution in [-0.4, -0.2) is 56.4 Å². The minimum Gasteiger partial charge on any atom is -0.494 e. The zero-order chi connectivity index (χ0) is 22.1. The normalized spacial score (nSPS) is 16.5. The highest BCUT2D eigenvalue weighted by molar-refractivity contribution is 6.02. The van der Waals surface area contributed by atoms with Gasteiger partial charge in [-0.05, 0) is 18.1 Å². The van der Waals surface area contributed by atoms with Gasteiger partial charge in [-0.25, -0.2) is 4.52 Å². The van der Waals surface area contributed by atoms with Crippen LogP contribution in [0, 0.1) is 0 Å². The van der Waals surface area contributed by atoms with E-state index in [4.69, 9.17) is 4.74 Å². The Morgan fingerprint density at radius 2 is 2.00 bits per heavy atom. The predicted octanol–water partition coefficient (Wildman–Crippen LogP) is 2.75. The number of benzene rings is 1. The number of methoxy groups -OCH3 is 1. The number of likely N-dealkylation sites (tertiary alicyclic amines) is 1. The van der Waals surface area contributed by atoms with E-state index in [0.29, 0.717) is 16.8 Å². The van der Waals surface area contributed by atoms with Gasteiger partial charge in [0, 0.05) is 56.2 Å². The Balaban J connectivity index is 1.33. The van der Waals surface area contributed by atoms with Crippen molar-refractivity contribution in [2.45, 2.75) is 19.0 Å². The van der Waals surface area contributed by atoms with E-state index in [1.165, 1.54) is 5.56 Å². The lowest BCUT2D eigenvalue weighted by molar-refractivity contribution is 0.0939. The molecule has 0 spiro atoms. The second kappa shape index (κ2) is 8.47. The van der Waals surface area contributed by atoms with Crippen LogP contribution in [0.25, 0.3) is 16.6 Å². The molecule has 0 saturated carbocycles. The van der Waals surface area contributed by atoms with Gasteiger partial charge < -0.3 is 10.1 Å². The van der Waals surface area contributed by atoms with Crippen molar-refractivity contribution in [3.05, 3.63) is 72.3 Å². The van der Waals surface area contributed by atoms with E-state index < -0.39 is 0 Å². The monoisotopic (exact) mass is 430 g/mol. The summed E-state index contributed by atoms with van der Waals surface area (Å²) < 4.78 is 9.07. The number of aromatic nitrogens is 4. The number of rotatable bonds is 6. The fourth-order valence-electron chi connectivity index (χ4n) is 4.33. The zero-order valence-electron chi connectivity index (χ0n) is 18.2. The average molecular weight is 431 g/mol. The summed E-state index contributed by atoms with van der Waals surface area (Å²) in [4.78, 5) is 15.5. The zero-order valence-corrected chi connectivity index (χ0v) is 18.2. The van der Waals surface area contributed by atoms with E-state index >= 15 is 0 Å². The summed E-state index contributed by atoms with van der Waals surface area (Å²) in [5.74, 6) is 0.477. The summed E-state index contributed by atoms with van der Waals surface area (Å²) in [6.45, 7) is 2.70. The van der Waals surface area contributed by atoms with Gasteiger partial charge in [0.1, 0.15) is 11.3 Å². The fourth-order valence-corrected chi connectivity index (χ4v) is 4.33. The Bertz CT molecular complexity index is 1250. The number of hydrogen-bond acceptors (Lipinski definition) is 5. The van der Waals surface area contributed by atoms with E-state index in [1.54, 1.807) is 28.7 Å². The number of nitrogens with one attached hydrogen (secondary N) is 1. The maximum Gasteiger partial charge on any atom is 0.255 e. The summed E-state index contributed by atoms with van der Waals surface area (Å²) in [6.07, 6.45) is 8.15. The first-order chi connectivity index (χ1) is 15.6. The fraction of sp³-hybridized carbons (Fsp3) is 0.292. The van der Waals surface area contributed by atoms with Gasteiger partial charge in [-0.15, -0.1) is 0 Å². The van der Waals surface area contributed by atoms with Crippen LogP contribution in [0.15, 0.2) is 61.2 Å². The summed E-state index contributed by atoms with van der Waals surface area (Å²) >= 11 is 0. The largest absolute Gasteiger partial charge is 0.494 e. The number of carbonyl (C=O) groups is 1. The van der Waals surface area contributed by atoms with E-state index in [2.05, 4.69) is 44.7 Å². The average Bonchev–Trinajstić information content (AvgIpc) is 3.53. The SMILES string of the molecule is COc1cc(-c2cnn(C)c2)cn2ncc(C(=O)NC3CCN(Cc4ccccc4)C3)c12. The maximum atomic E-state index is 13.1. The minimum absolute atomic E-state index is 0.113. The molecule has 1 unspecified atom stereocenters. The van der Waals surface area contributed by atoms with Crippen molar-refractivity contribution >= 4 is 11.4 Å². The Kier molecular flexibility index (Phi) is 5.36. The van der Waals surface area contributed by atoms with Gasteiger partial charge in [0.25, 0.3) is 5.91 Å². The molecule has 0 bridgehead atoms. The molecule has 1 aliphatic heterocycles. The molecule has 8 heteroatoms. The summed E-state index contributed by atoms with van der Waals surface area (Å²) in [7, 11) is 3.48. The van der Waals surface area contributed by atoms with Gasteiger partial charge in [-0.3, -0.25) is 14.4 Å². The number of amides is 1. The number of pyridine rings is 1. The van der Waals surface area contributed by atoms with Crippen molar-refractivity contribution < 1.29 is 9.53 Å². The molecule has 8 nitrogen and oxygen atoms in total. The van der Waals surface area contributed by atoms with Gasteiger partial charge in [-0.2, -0.15) is 10.2 Å². The molecule has 1 N–H and O–H groups in total. The molecule has 164 valence electrons. The maximum absolute atomic E-state index is 13.1. The quantitative estimate of drug-likeness (QED) is 0.509. The molecule has 3 aromatic heterocycles. The van der Waals surface area contributed by atoms with Crippen LogP contribution in [-0.2, 0) is 13.6 Å². The number of hydrogen-bond donors (Lipinski definition) is 1. The Morgan fingerprint density at radius 1 is 1.16 bits per heavy atom. The number of nitrogens with zero attached hydrogens (tertiary/aromatic N) is 5. The topological polar surface area (TPSA) is 76.7 Å². The van der Waals surface area contributed by atoms with Crippen LogP contribution in [0.3, 0.4) is 0 Å². The highest BCUT2D eigenvalue weighted by Gasteiger charge is 2.26. The number of carbonyl (C=O) groups excluding carboxylic acids is 1. The Morgan fingerprint density at radius 3 is 2.75 bits per heavy atom. The molecule has 1 atom stereocenters. The van der Waals surface area contributed by atoms with Gasteiger partial charge >= 0.3 is 0 Å². The van der Waals surface area contributed by atoms with Crippen LogP contribution in [0.5, 0.6) is 5.75 Å². The third-order valence-corrected chi connectivity index (χ3v) is 5.94. The molecule has 4 aromatic rings. The molecular weight excluding hydrogens is 404 g/mol. The van der Waals surface area contributed by atoms with Gasteiger partial charge in [0.15, 0.2) is 0 Å². The molecule has 1 fully saturated rings. The first kappa shape index (κ1) is 20.3. The van der Waals surface area contributed by atoms with Crippen LogP contribution in [0.4, 0.5) is 0 Å². The number of ether oxygens (including phenoxy) is 1. The van der Waals surface area contributed by atoms with E-state index in [1.807, 2.05) is 31.6 Å². The van der Waals surface area contributed by atoms with Crippen molar-refractivity contribution in [2.24, 2.45) is 7.05 Å². The lowest BCUT2D eigenvalue weighted by Crippen LogP contribution is -2.37. The van der Waals surface area contributed by atoms with E-state index in [0.717, 1.165) is 37.2 Å². The number of fused-ring (bicyclic) bond motifs is 1. The molecular formula is C24H26N6O2. The lowest BCUT2D eigenvalue weighted by Gasteiger charge is -2.17. The van der Waals surface area contributed by atoms with Gasteiger partial charge in [0.05, 0.1) is 25.1 Å². The highest BCUT2D eigenvalue weighted by atomic mass is 16.5. The lowest BCUT2D eigenvalue weighted by atomic mass is 10.1. The van der Waals surface area contributed by atoms with Gasteiger partial charge in [-0.1, -0.05) is 30.3 Å². The van der Waals surface area contributed by atoms with Crippen molar-refractivity contribution in [1.82, 2.24) is 29.6 Å². The first-order valence-corrected chi connectivity index (χ1v) is 10.7. The van der Waals surface area contributed by atoms with Crippen LogP contribution in [0.2, 0.25) is 0 Å². The van der Waals surface area contributed by atoms with E-state index in [9.17, 15) is 4.79 Å². The Labute approximate surface area is 186 Å². The molecule has 0 aliphatic carbocycles. The summed E-state index contributed by atoms with van der Waals surface area (Å²) in [5, 5.41) is 11.8. The third-order valence-electron chi connectivity index (χ3n) is 5.94. The standard InChI is InChI=1S/C24H26N6O2/c1-28-14-19(11-25-28)18-10-22(32-2)23-21(12-26-30(23)15-18)24(31)27-20-8-9-29(16-20)13-17-6-4-3-5-7-17/h3-7,10-12,14-15,20H,8-9,13,16H2,1-2H3,(H,27,31). The first-order valence-electron chi connectivity index (χ1n) is 10.7. The molecule has 1 aromatic carbocycles. The molecule has 32 heavy (non-hydrogen) atoms. The van der Waals surface area contributed by atoms with Crippen molar-refractivity contribution in [1.29, 1.82) is 0 Å². The Hall–Kier alpha value is -3.65. The molecule has 5 rings (SSSR count).